The average Bonchev–Trinajstić information content (AvgIpc) is 2.92. The topological polar surface area (TPSA) is 29.5 Å². The molecule has 1 aromatic rings. The van der Waals surface area contributed by atoms with Crippen LogP contribution in [0.3, 0.4) is 0 Å². The Labute approximate surface area is 120 Å². The molecule has 3 heteroatoms. The van der Waals surface area contributed by atoms with Crippen LogP contribution in [-0.2, 0) is 16.2 Å². The third-order valence-electron chi connectivity index (χ3n) is 4.69. The van der Waals surface area contributed by atoms with E-state index in [9.17, 15) is 4.79 Å². The van der Waals surface area contributed by atoms with E-state index in [2.05, 4.69) is 29.3 Å². The lowest BCUT2D eigenvalue weighted by Crippen LogP contribution is -2.39. The quantitative estimate of drug-likeness (QED) is 0.789. The molecule has 1 aliphatic carbocycles. The van der Waals surface area contributed by atoms with Crippen LogP contribution in [0, 0.1) is 11.8 Å². The molecule has 2 atom stereocenters. The third kappa shape index (κ3) is 2.94. The normalized spacial score (nSPS) is 28.6. The SMILES string of the molecule is O=C[C@@H]1CON(Cc2ccccc2)[C@H]1C1CCCCC1. The second-order valence-electron chi connectivity index (χ2n) is 6.05. The van der Waals surface area contributed by atoms with E-state index in [-0.39, 0.29) is 12.0 Å². The monoisotopic (exact) mass is 273 g/mol. The summed E-state index contributed by atoms with van der Waals surface area (Å²) in [6, 6.07) is 10.6. The van der Waals surface area contributed by atoms with Gasteiger partial charge in [-0.15, -0.1) is 0 Å². The van der Waals surface area contributed by atoms with E-state index >= 15 is 0 Å². The van der Waals surface area contributed by atoms with Crippen LogP contribution in [0.15, 0.2) is 30.3 Å². The summed E-state index contributed by atoms with van der Waals surface area (Å²) in [4.78, 5) is 17.2. The first-order chi connectivity index (χ1) is 9.88. The first-order valence-electron chi connectivity index (χ1n) is 7.77. The number of hydroxylamine groups is 2. The lowest BCUT2D eigenvalue weighted by molar-refractivity contribution is -0.151. The number of nitrogens with zero attached hydrogens (tertiary/aromatic N) is 1. The predicted octanol–water partition coefficient (Wildman–Crippen LogP) is 3.20. The summed E-state index contributed by atoms with van der Waals surface area (Å²) in [6.45, 7) is 1.34. The van der Waals surface area contributed by atoms with Gasteiger partial charge in [-0.3, -0.25) is 4.84 Å². The minimum Gasteiger partial charge on any atom is -0.303 e. The summed E-state index contributed by atoms with van der Waals surface area (Å²) < 4.78 is 0. The van der Waals surface area contributed by atoms with Gasteiger partial charge in [0, 0.05) is 6.54 Å². The molecule has 3 nitrogen and oxygen atoms in total. The van der Waals surface area contributed by atoms with Gasteiger partial charge in [-0.2, -0.15) is 5.06 Å². The fraction of sp³-hybridized carbons (Fsp3) is 0.588. The van der Waals surface area contributed by atoms with E-state index in [0.717, 1.165) is 12.8 Å². The van der Waals surface area contributed by atoms with Crippen molar-refractivity contribution < 1.29 is 9.63 Å². The van der Waals surface area contributed by atoms with Crippen molar-refractivity contribution in [1.82, 2.24) is 5.06 Å². The maximum absolute atomic E-state index is 11.4. The second-order valence-corrected chi connectivity index (χ2v) is 6.05. The lowest BCUT2D eigenvalue weighted by Gasteiger charge is -2.34. The van der Waals surface area contributed by atoms with Gasteiger partial charge in [-0.1, -0.05) is 49.6 Å². The van der Waals surface area contributed by atoms with Crippen molar-refractivity contribution in [2.24, 2.45) is 11.8 Å². The molecule has 1 aromatic carbocycles. The molecule has 0 aromatic heterocycles. The first kappa shape index (κ1) is 13.8. The Hall–Kier alpha value is -1.19. The van der Waals surface area contributed by atoms with Crippen LogP contribution in [0.5, 0.6) is 0 Å². The van der Waals surface area contributed by atoms with Crippen molar-refractivity contribution in [1.29, 1.82) is 0 Å². The van der Waals surface area contributed by atoms with Crippen LogP contribution in [0.1, 0.15) is 37.7 Å². The molecule has 20 heavy (non-hydrogen) atoms. The van der Waals surface area contributed by atoms with Gasteiger partial charge in [0.25, 0.3) is 0 Å². The predicted molar refractivity (Wildman–Crippen MR) is 77.9 cm³/mol. The fourth-order valence-electron chi connectivity index (χ4n) is 3.67. The summed E-state index contributed by atoms with van der Waals surface area (Å²) in [6.07, 6.45) is 7.52. The standard InChI is InChI=1S/C17H23NO2/c19-12-16-13-20-18(11-14-7-3-1-4-8-14)17(16)15-9-5-2-6-10-15/h1,3-4,7-8,12,15-17H,2,5-6,9-11,13H2/t16-,17+/m1/s1. The Morgan fingerprint density at radius 3 is 2.60 bits per heavy atom. The van der Waals surface area contributed by atoms with E-state index in [1.807, 2.05) is 6.07 Å². The van der Waals surface area contributed by atoms with Crippen molar-refractivity contribution in [2.45, 2.75) is 44.7 Å². The zero-order valence-corrected chi connectivity index (χ0v) is 11.9. The number of hydrogen-bond donors (Lipinski definition) is 0. The number of hydrogen-bond acceptors (Lipinski definition) is 3. The summed E-state index contributed by atoms with van der Waals surface area (Å²) in [5.74, 6) is 0.659. The number of rotatable bonds is 4. The molecule has 1 heterocycles. The van der Waals surface area contributed by atoms with Crippen LogP contribution in [0.4, 0.5) is 0 Å². The Balaban J connectivity index is 1.73. The summed E-state index contributed by atoms with van der Waals surface area (Å²) in [7, 11) is 0. The minimum absolute atomic E-state index is 0.0433. The van der Waals surface area contributed by atoms with Gasteiger partial charge >= 0.3 is 0 Å². The zero-order chi connectivity index (χ0) is 13.8. The largest absolute Gasteiger partial charge is 0.303 e. The lowest BCUT2D eigenvalue weighted by atomic mass is 9.79. The highest BCUT2D eigenvalue weighted by Crippen LogP contribution is 2.36. The fourth-order valence-corrected chi connectivity index (χ4v) is 3.67. The van der Waals surface area contributed by atoms with Crippen molar-refractivity contribution in [3.8, 4) is 0 Å². The first-order valence-corrected chi connectivity index (χ1v) is 7.77. The molecule has 2 aliphatic rings. The molecule has 3 rings (SSSR count). The molecule has 0 N–H and O–H groups in total. The third-order valence-corrected chi connectivity index (χ3v) is 4.69. The van der Waals surface area contributed by atoms with E-state index in [1.165, 1.54) is 37.7 Å². The Kier molecular flexibility index (Phi) is 4.48. The Bertz CT molecular complexity index is 428. The summed E-state index contributed by atoms with van der Waals surface area (Å²) in [5.41, 5.74) is 1.25. The van der Waals surface area contributed by atoms with Crippen molar-refractivity contribution in [3.05, 3.63) is 35.9 Å². The van der Waals surface area contributed by atoms with Crippen molar-refractivity contribution in [2.75, 3.05) is 6.61 Å². The van der Waals surface area contributed by atoms with Gasteiger partial charge < -0.3 is 4.79 Å². The van der Waals surface area contributed by atoms with E-state index in [4.69, 9.17) is 4.84 Å². The molecule has 1 aliphatic heterocycles. The van der Waals surface area contributed by atoms with Gasteiger partial charge in [-0.25, -0.2) is 0 Å². The molecular weight excluding hydrogens is 250 g/mol. The Morgan fingerprint density at radius 1 is 1.15 bits per heavy atom. The van der Waals surface area contributed by atoms with Gasteiger partial charge in [0.05, 0.1) is 18.6 Å². The smallest absolute Gasteiger partial charge is 0.127 e. The maximum atomic E-state index is 11.4. The highest BCUT2D eigenvalue weighted by atomic mass is 16.7. The Morgan fingerprint density at radius 2 is 1.90 bits per heavy atom. The molecule has 0 unspecified atom stereocenters. The van der Waals surface area contributed by atoms with Gasteiger partial charge in [-0.05, 0) is 24.3 Å². The van der Waals surface area contributed by atoms with Gasteiger partial charge in [0.1, 0.15) is 6.29 Å². The van der Waals surface area contributed by atoms with E-state index in [0.29, 0.717) is 12.5 Å². The second kappa shape index (κ2) is 6.51. The molecule has 0 radical (unpaired) electrons. The van der Waals surface area contributed by atoms with Crippen LogP contribution in [-0.4, -0.2) is 24.0 Å². The van der Waals surface area contributed by atoms with Crippen molar-refractivity contribution >= 4 is 6.29 Å². The van der Waals surface area contributed by atoms with E-state index < -0.39 is 0 Å². The molecule has 0 bridgehead atoms. The van der Waals surface area contributed by atoms with Crippen LogP contribution in [0.25, 0.3) is 0 Å². The highest BCUT2D eigenvalue weighted by molar-refractivity contribution is 5.55. The van der Waals surface area contributed by atoms with Gasteiger partial charge in [0.2, 0.25) is 0 Å². The summed E-state index contributed by atoms with van der Waals surface area (Å²) in [5, 5.41) is 2.07. The zero-order valence-electron chi connectivity index (χ0n) is 11.9. The average molecular weight is 273 g/mol. The number of carbonyl (C=O) groups excluding carboxylic acids is 1. The van der Waals surface area contributed by atoms with E-state index in [1.54, 1.807) is 0 Å². The van der Waals surface area contributed by atoms with Crippen LogP contribution in [0.2, 0.25) is 0 Å². The number of benzene rings is 1. The molecule has 0 spiro atoms. The number of aldehydes is 1. The van der Waals surface area contributed by atoms with Crippen LogP contribution < -0.4 is 0 Å². The molecule has 0 amide bonds. The summed E-state index contributed by atoms with van der Waals surface area (Å²) >= 11 is 0. The molecule has 1 saturated carbocycles. The molecular formula is C17H23NO2. The molecule has 108 valence electrons. The van der Waals surface area contributed by atoms with Crippen LogP contribution >= 0.6 is 0 Å². The highest BCUT2D eigenvalue weighted by Gasteiger charge is 2.40. The molecule has 1 saturated heterocycles. The van der Waals surface area contributed by atoms with Crippen molar-refractivity contribution in [3.63, 3.8) is 0 Å². The maximum Gasteiger partial charge on any atom is 0.127 e. The number of carbonyl (C=O) groups is 1. The van der Waals surface area contributed by atoms with Gasteiger partial charge in [0.15, 0.2) is 0 Å². The minimum atomic E-state index is 0.0433. The molecule has 2 fully saturated rings.